The lowest BCUT2D eigenvalue weighted by molar-refractivity contribution is 0.150. The van der Waals surface area contributed by atoms with Crippen molar-refractivity contribution in [2.45, 2.75) is 62.8 Å². The summed E-state index contributed by atoms with van der Waals surface area (Å²) < 4.78 is 39.1. The molecule has 0 saturated heterocycles. The molecule has 27 heavy (non-hydrogen) atoms. The molecule has 0 bridgehead atoms. The molecule has 1 atom stereocenters. The summed E-state index contributed by atoms with van der Waals surface area (Å²) in [5, 5.41) is 13.3. The summed E-state index contributed by atoms with van der Waals surface area (Å²) in [4.78, 5) is 3.77. The minimum absolute atomic E-state index is 0.209. The number of aliphatic hydroxyl groups excluding tert-OH is 1. The van der Waals surface area contributed by atoms with Crippen molar-refractivity contribution in [1.82, 2.24) is 14.6 Å². The second kappa shape index (κ2) is 8.94. The van der Waals surface area contributed by atoms with Crippen LogP contribution in [0.2, 0.25) is 0 Å². The highest BCUT2D eigenvalue weighted by Gasteiger charge is 2.34. The fourth-order valence-electron chi connectivity index (χ4n) is 3.83. The van der Waals surface area contributed by atoms with Gasteiger partial charge in [-0.2, -0.15) is 0 Å². The van der Waals surface area contributed by atoms with Crippen molar-refractivity contribution < 1.29 is 17.9 Å². The minimum Gasteiger partial charge on any atom is -0.387 e. The normalized spacial score (nSPS) is 22.8. The van der Waals surface area contributed by atoms with E-state index in [1.165, 1.54) is 16.6 Å². The Kier molecular flexibility index (Phi) is 7.35. The molecule has 0 radical (unpaired) electrons. The number of hydrogen-bond acceptors (Lipinski definition) is 5. The van der Waals surface area contributed by atoms with Crippen LogP contribution in [0.5, 0.6) is 0 Å². The van der Waals surface area contributed by atoms with E-state index in [0.717, 1.165) is 25.5 Å². The summed E-state index contributed by atoms with van der Waals surface area (Å²) in [6.45, 7) is 4.46. The highest BCUT2D eigenvalue weighted by atomic mass is 32.2. The molecule has 1 heterocycles. The zero-order chi connectivity index (χ0) is 20.2. The van der Waals surface area contributed by atoms with E-state index in [2.05, 4.69) is 24.1 Å². The van der Waals surface area contributed by atoms with E-state index in [0.29, 0.717) is 30.9 Å². The van der Waals surface area contributed by atoms with Crippen LogP contribution >= 0.6 is 0 Å². The van der Waals surface area contributed by atoms with Crippen LogP contribution in [0.4, 0.5) is 4.39 Å². The number of nitrogens with one attached hydrogen (secondary N) is 1. The third-order valence-electron chi connectivity index (χ3n) is 5.41. The van der Waals surface area contributed by atoms with Crippen LogP contribution in [0, 0.1) is 11.7 Å². The van der Waals surface area contributed by atoms with Gasteiger partial charge < -0.3 is 10.4 Å². The number of halogens is 1. The highest BCUT2D eigenvalue weighted by Crippen LogP contribution is 2.34. The number of pyridine rings is 1. The Hall–Kier alpha value is -1.09. The molecule has 6 nitrogen and oxygen atoms in total. The molecular formula is C19H32FN3O3S. The molecule has 8 heteroatoms. The number of β-amino-alcohol motifs (C(OH)–C–C–N with tert-alkyl or cyclic N) is 1. The standard InChI is InChI=1S/C19H32FN3O3S/c1-19(2,22-13-18(24)15-9-16(20)12-21-11-15)10-14-5-7-17(8-6-14)27(25,26)23(3)4/h9,11-12,14,17-18,22,24H,5-8,10,13H2,1-4H3/t14?,17?,18-/m0/s1. The van der Waals surface area contributed by atoms with Gasteiger partial charge in [0.2, 0.25) is 10.0 Å². The molecule has 1 saturated carbocycles. The summed E-state index contributed by atoms with van der Waals surface area (Å²) in [6.07, 6.45) is 5.81. The van der Waals surface area contributed by atoms with E-state index in [4.69, 9.17) is 0 Å². The molecule has 2 rings (SSSR count). The zero-order valence-electron chi connectivity index (χ0n) is 16.7. The lowest BCUT2D eigenvalue weighted by Gasteiger charge is -2.36. The quantitative estimate of drug-likeness (QED) is 0.699. The lowest BCUT2D eigenvalue weighted by Crippen LogP contribution is -2.44. The van der Waals surface area contributed by atoms with E-state index >= 15 is 0 Å². The average Bonchev–Trinajstić information content (AvgIpc) is 2.59. The van der Waals surface area contributed by atoms with Crippen molar-refractivity contribution in [3.63, 3.8) is 0 Å². The summed E-state index contributed by atoms with van der Waals surface area (Å²) in [5.74, 6) is -0.00987. The topological polar surface area (TPSA) is 82.5 Å². The molecule has 0 aromatic carbocycles. The molecule has 1 aromatic heterocycles. The van der Waals surface area contributed by atoms with E-state index in [-0.39, 0.29) is 10.8 Å². The maximum atomic E-state index is 13.2. The third kappa shape index (κ3) is 6.20. The summed E-state index contributed by atoms with van der Waals surface area (Å²) in [5.41, 5.74) is 0.243. The van der Waals surface area contributed by atoms with Crippen LogP contribution in [0.25, 0.3) is 0 Å². The van der Waals surface area contributed by atoms with E-state index < -0.39 is 21.9 Å². The van der Waals surface area contributed by atoms with Gasteiger partial charge in [-0.15, -0.1) is 0 Å². The van der Waals surface area contributed by atoms with Crippen LogP contribution in [0.1, 0.15) is 57.6 Å². The van der Waals surface area contributed by atoms with E-state index in [1.54, 1.807) is 14.1 Å². The van der Waals surface area contributed by atoms with Gasteiger partial charge >= 0.3 is 0 Å². The predicted octanol–water partition coefficient (Wildman–Crippen LogP) is 2.46. The van der Waals surface area contributed by atoms with Crippen molar-refractivity contribution in [3.8, 4) is 0 Å². The van der Waals surface area contributed by atoms with Crippen LogP contribution in [-0.2, 0) is 10.0 Å². The molecule has 1 aromatic rings. The van der Waals surface area contributed by atoms with Gasteiger partial charge in [0.1, 0.15) is 5.82 Å². The van der Waals surface area contributed by atoms with Crippen LogP contribution in [0.15, 0.2) is 18.5 Å². The Balaban J connectivity index is 1.83. The van der Waals surface area contributed by atoms with E-state index in [9.17, 15) is 17.9 Å². The molecule has 154 valence electrons. The van der Waals surface area contributed by atoms with Crippen molar-refractivity contribution in [1.29, 1.82) is 0 Å². The molecule has 0 unspecified atom stereocenters. The zero-order valence-corrected chi connectivity index (χ0v) is 17.5. The van der Waals surface area contributed by atoms with Gasteiger partial charge in [-0.05, 0) is 57.9 Å². The van der Waals surface area contributed by atoms with Gasteiger partial charge in [0, 0.05) is 37.9 Å². The molecule has 1 fully saturated rings. The Bertz CT molecular complexity index is 717. The van der Waals surface area contributed by atoms with Gasteiger partial charge in [-0.25, -0.2) is 17.1 Å². The third-order valence-corrected chi connectivity index (χ3v) is 7.74. The molecule has 0 amide bonds. The summed E-state index contributed by atoms with van der Waals surface area (Å²) >= 11 is 0. The monoisotopic (exact) mass is 401 g/mol. The first-order chi connectivity index (χ1) is 12.5. The molecule has 0 spiro atoms. The molecule has 1 aliphatic carbocycles. The molecular weight excluding hydrogens is 369 g/mol. The fourth-order valence-corrected chi connectivity index (χ4v) is 5.29. The predicted molar refractivity (Wildman–Crippen MR) is 104 cm³/mol. The highest BCUT2D eigenvalue weighted by molar-refractivity contribution is 7.89. The maximum absolute atomic E-state index is 13.2. The Labute approximate surface area is 162 Å². The lowest BCUT2D eigenvalue weighted by atomic mass is 9.80. The van der Waals surface area contributed by atoms with Gasteiger partial charge in [0.25, 0.3) is 0 Å². The number of hydrogen-bond donors (Lipinski definition) is 2. The van der Waals surface area contributed by atoms with Crippen molar-refractivity contribution in [3.05, 3.63) is 29.8 Å². The molecule has 2 N–H and O–H groups in total. The Morgan fingerprint density at radius 3 is 2.48 bits per heavy atom. The largest absolute Gasteiger partial charge is 0.387 e. The Morgan fingerprint density at radius 1 is 1.30 bits per heavy atom. The van der Waals surface area contributed by atoms with Gasteiger partial charge in [-0.3, -0.25) is 4.98 Å². The molecule has 1 aliphatic rings. The maximum Gasteiger partial charge on any atom is 0.216 e. The average molecular weight is 402 g/mol. The van der Waals surface area contributed by atoms with Gasteiger partial charge in [0.15, 0.2) is 0 Å². The van der Waals surface area contributed by atoms with Crippen LogP contribution in [0.3, 0.4) is 0 Å². The number of aromatic nitrogens is 1. The second-order valence-corrected chi connectivity index (χ2v) is 10.8. The first-order valence-corrected chi connectivity index (χ1v) is 11.0. The number of sulfonamides is 1. The van der Waals surface area contributed by atoms with Crippen LogP contribution < -0.4 is 5.32 Å². The van der Waals surface area contributed by atoms with Gasteiger partial charge in [-0.1, -0.05) is 0 Å². The van der Waals surface area contributed by atoms with Crippen LogP contribution in [-0.4, -0.2) is 54.2 Å². The van der Waals surface area contributed by atoms with E-state index in [1.807, 2.05) is 0 Å². The SMILES string of the molecule is CN(C)S(=O)(=O)C1CCC(CC(C)(C)NC[C@H](O)c2cncc(F)c2)CC1. The first-order valence-electron chi connectivity index (χ1n) is 9.46. The fraction of sp³-hybridized carbons (Fsp3) is 0.737. The number of nitrogens with zero attached hydrogens (tertiary/aromatic N) is 2. The Morgan fingerprint density at radius 2 is 1.93 bits per heavy atom. The van der Waals surface area contributed by atoms with Crippen molar-refractivity contribution in [2.75, 3.05) is 20.6 Å². The van der Waals surface area contributed by atoms with Crippen molar-refractivity contribution >= 4 is 10.0 Å². The number of aliphatic hydroxyl groups is 1. The summed E-state index contributed by atoms with van der Waals surface area (Å²) in [7, 11) is 0.00770. The van der Waals surface area contributed by atoms with Crippen molar-refractivity contribution in [2.24, 2.45) is 5.92 Å². The minimum atomic E-state index is -3.17. The molecule has 0 aliphatic heterocycles. The smallest absolute Gasteiger partial charge is 0.216 e. The summed E-state index contributed by atoms with van der Waals surface area (Å²) in [6, 6.07) is 1.29. The van der Waals surface area contributed by atoms with Gasteiger partial charge in [0.05, 0.1) is 17.6 Å². The second-order valence-electron chi connectivity index (χ2n) is 8.39. The number of rotatable bonds is 8. The first kappa shape index (κ1) is 22.2.